The molecule has 2 aliphatic carbocycles. The molecule has 2 heterocycles. The molecule has 0 aromatic carbocycles. The molecule has 6 nitrogen and oxygen atoms in total. The second-order valence-corrected chi connectivity index (χ2v) is 8.55. The van der Waals surface area contributed by atoms with Crippen LogP contribution in [0.25, 0.3) is 0 Å². The number of amides is 2. The summed E-state index contributed by atoms with van der Waals surface area (Å²) >= 11 is 0. The monoisotopic (exact) mass is 346 g/mol. The Balaban J connectivity index is 1.51. The third kappa shape index (κ3) is 2.78. The first kappa shape index (κ1) is 17.0. The van der Waals surface area contributed by atoms with E-state index >= 15 is 0 Å². The molecule has 138 valence electrons. The molecule has 0 radical (unpaired) electrons. The van der Waals surface area contributed by atoms with Gasteiger partial charge in [0.15, 0.2) is 0 Å². The summed E-state index contributed by atoms with van der Waals surface area (Å²) in [4.78, 5) is 36.3. The average molecular weight is 346 g/mol. The van der Waals surface area contributed by atoms with E-state index in [0.29, 0.717) is 18.4 Å². The lowest BCUT2D eigenvalue weighted by Crippen LogP contribution is -2.47. The molecule has 3 fully saturated rings. The van der Waals surface area contributed by atoms with Crippen LogP contribution in [-0.2, 0) is 9.59 Å². The van der Waals surface area contributed by atoms with Gasteiger partial charge in [0.25, 0.3) is 5.91 Å². The number of rotatable bonds is 5. The van der Waals surface area contributed by atoms with Crippen molar-refractivity contribution in [2.75, 3.05) is 40.3 Å². The van der Waals surface area contributed by atoms with E-state index in [1.165, 1.54) is 12.8 Å². The van der Waals surface area contributed by atoms with Crippen LogP contribution in [0.4, 0.5) is 0 Å². The van der Waals surface area contributed by atoms with E-state index in [9.17, 15) is 9.59 Å². The molecule has 25 heavy (non-hydrogen) atoms. The fraction of sp³-hybridized carbons (Fsp3) is 0.842. The number of likely N-dealkylation sites (tertiary alicyclic amines) is 1. The first-order valence-corrected chi connectivity index (χ1v) is 9.77. The first-order chi connectivity index (χ1) is 11.9. The van der Waals surface area contributed by atoms with Crippen LogP contribution in [0, 0.1) is 17.8 Å². The van der Waals surface area contributed by atoms with Gasteiger partial charge in [0.2, 0.25) is 5.91 Å². The standard InChI is InChI=1S/C19H30N4O2/c1-4-16-20-19(18(25)23(16)9-13-5-6-13)8-7-14-10-22(11-15(14)19)12-17(24)21(2)3/h13-15H,4-12H2,1-3H3/t14-,15+,19-/m1/s1. The Morgan fingerprint density at radius 2 is 2.04 bits per heavy atom. The van der Waals surface area contributed by atoms with Crippen molar-refractivity contribution in [3.63, 3.8) is 0 Å². The Hall–Kier alpha value is -1.43. The number of likely N-dealkylation sites (N-methyl/N-ethyl adjacent to an activating group) is 1. The van der Waals surface area contributed by atoms with Crippen LogP contribution in [0.3, 0.4) is 0 Å². The number of carbonyl (C=O) groups is 2. The second-order valence-electron chi connectivity index (χ2n) is 8.55. The number of fused-ring (bicyclic) bond motifs is 2. The van der Waals surface area contributed by atoms with Gasteiger partial charge in [-0.25, -0.2) is 0 Å². The predicted octanol–water partition coefficient (Wildman–Crippen LogP) is 1.22. The van der Waals surface area contributed by atoms with Crippen molar-refractivity contribution in [2.24, 2.45) is 22.7 Å². The number of carbonyl (C=O) groups excluding carboxylic acids is 2. The zero-order valence-electron chi connectivity index (χ0n) is 15.7. The third-order valence-corrected chi connectivity index (χ3v) is 6.59. The molecule has 1 saturated heterocycles. The molecule has 4 rings (SSSR count). The van der Waals surface area contributed by atoms with E-state index in [1.807, 2.05) is 4.90 Å². The van der Waals surface area contributed by atoms with Crippen molar-refractivity contribution >= 4 is 17.6 Å². The smallest absolute Gasteiger partial charge is 0.256 e. The SMILES string of the molecule is CCC1=N[C@@]2(CC[C@@H]3CN(CC(=O)N(C)C)C[C@@H]32)C(=O)N1CC1CC1. The van der Waals surface area contributed by atoms with Crippen LogP contribution >= 0.6 is 0 Å². The summed E-state index contributed by atoms with van der Waals surface area (Å²) < 4.78 is 0. The van der Waals surface area contributed by atoms with Crippen molar-refractivity contribution in [1.29, 1.82) is 0 Å². The zero-order valence-corrected chi connectivity index (χ0v) is 15.7. The number of nitrogens with zero attached hydrogens (tertiary/aromatic N) is 4. The maximum Gasteiger partial charge on any atom is 0.256 e. The summed E-state index contributed by atoms with van der Waals surface area (Å²) in [5, 5.41) is 0. The van der Waals surface area contributed by atoms with Gasteiger partial charge in [0.1, 0.15) is 11.4 Å². The van der Waals surface area contributed by atoms with Crippen molar-refractivity contribution in [3.8, 4) is 0 Å². The number of hydrogen-bond acceptors (Lipinski definition) is 4. The second kappa shape index (κ2) is 6.08. The molecule has 4 aliphatic rings. The van der Waals surface area contributed by atoms with Gasteiger partial charge in [-0.15, -0.1) is 0 Å². The quantitative estimate of drug-likeness (QED) is 0.752. The summed E-state index contributed by atoms with van der Waals surface area (Å²) in [5.74, 6) is 2.86. The third-order valence-electron chi connectivity index (χ3n) is 6.59. The van der Waals surface area contributed by atoms with Crippen LogP contribution < -0.4 is 0 Å². The summed E-state index contributed by atoms with van der Waals surface area (Å²) in [5.41, 5.74) is -0.527. The maximum atomic E-state index is 13.4. The van der Waals surface area contributed by atoms with Crippen LogP contribution in [-0.4, -0.2) is 78.2 Å². The Kier molecular flexibility index (Phi) is 4.13. The molecule has 0 aromatic heterocycles. The molecule has 0 bridgehead atoms. The fourth-order valence-electron chi connectivity index (χ4n) is 4.96. The fourth-order valence-corrected chi connectivity index (χ4v) is 4.96. The number of aliphatic imine (C=N–C) groups is 1. The lowest BCUT2D eigenvalue weighted by molar-refractivity contribution is -0.132. The molecule has 2 saturated carbocycles. The minimum absolute atomic E-state index is 0.139. The van der Waals surface area contributed by atoms with Crippen LogP contribution in [0.2, 0.25) is 0 Å². The van der Waals surface area contributed by atoms with Crippen molar-refractivity contribution in [3.05, 3.63) is 0 Å². The summed E-state index contributed by atoms with van der Waals surface area (Å²) in [6.45, 7) is 5.19. The highest BCUT2D eigenvalue weighted by Crippen LogP contribution is 2.50. The molecule has 3 atom stereocenters. The van der Waals surface area contributed by atoms with E-state index in [2.05, 4.69) is 11.8 Å². The van der Waals surface area contributed by atoms with Gasteiger partial charge in [0.05, 0.1) is 6.54 Å². The summed E-state index contributed by atoms with van der Waals surface area (Å²) in [6, 6.07) is 0. The highest BCUT2D eigenvalue weighted by atomic mass is 16.2. The van der Waals surface area contributed by atoms with Gasteiger partial charge in [-0.1, -0.05) is 6.92 Å². The molecule has 0 unspecified atom stereocenters. The number of amidine groups is 1. The van der Waals surface area contributed by atoms with Gasteiger partial charge < -0.3 is 4.90 Å². The molecule has 2 aliphatic heterocycles. The van der Waals surface area contributed by atoms with Crippen molar-refractivity contribution in [2.45, 2.75) is 44.6 Å². The molecular formula is C19H30N4O2. The minimum atomic E-state index is -0.527. The Morgan fingerprint density at radius 1 is 1.28 bits per heavy atom. The first-order valence-electron chi connectivity index (χ1n) is 9.77. The Bertz CT molecular complexity index is 613. The lowest BCUT2D eigenvalue weighted by Gasteiger charge is -2.28. The van der Waals surface area contributed by atoms with E-state index in [1.54, 1.807) is 19.0 Å². The zero-order chi connectivity index (χ0) is 17.8. The van der Waals surface area contributed by atoms with Gasteiger partial charge in [0, 0.05) is 46.1 Å². The van der Waals surface area contributed by atoms with Crippen LogP contribution in [0.1, 0.15) is 39.0 Å². The van der Waals surface area contributed by atoms with Crippen molar-refractivity contribution in [1.82, 2.24) is 14.7 Å². The summed E-state index contributed by atoms with van der Waals surface area (Å²) in [7, 11) is 3.60. The molecule has 6 heteroatoms. The Morgan fingerprint density at radius 3 is 2.68 bits per heavy atom. The lowest BCUT2D eigenvalue weighted by atomic mass is 9.85. The topological polar surface area (TPSA) is 56.2 Å². The van der Waals surface area contributed by atoms with E-state index in [4.69, 9.17) is 4.99 Å². The number of hydrogen-bond donors (Lipinski definition) is 0. The van der Waals surface area contributed by atoms with Gasteiger partial charge in [-0.05, 0) is 37.5 Å². The van der Waals surface area contributed by atoms with Gasteiger partial charge >= 0.3 is 0 Å². The predicted molar refractivity (Wildman–Crippen MR) is 96.2 cm³/mol. The van der Waals surface area contributed by atoms with Gasteiger partial charge in [-0.3, -0.25) is 24.4 Å². The average Bonchev–Trinajstić information content (AvgIpc) is 3.12. The van der Waals surface area contributed by atoms with E-state index in [-0.39, 0.29) is 17.7 Å². The van der Waals surface area contributed by atoms with Crippen LogP contribution in [0.15, 0.2) is 4.99 Å². The molecule has 2 amide bonds. The highest BCUT2D eigenvalue weighted by molar-refractivity contribution is 6.08. The van der Waals surface area contributed by atoms with E-state index in [0.717, 1.165) is 44.7 Å². The van der Waals surface area contributed by atoms with Crippen LogP contribution in [0.5, 0.6) is 0 Å². The molecule has 0 aromatic rings. The highest BCUT2D eigenvalue weighted by Gasteiger charge is 2.61. The minimum Gasteiger partial charge on any atom is -0.348 e. The van der Waals surface area contributed by atoms with Gasteiger partial charge in [-0.2, -0.15) is 0 Å². The normalized spacial score (nSPS) is 34.8. The molecule has 1 spiro atoms. The Labute approximate surface area is 150 Å². The van der Waals surface area contributed by atoms with E-state index < -0.39 is 5.54 Å². The summed E-state index contributed by atoms with van der Waals surface area (Å²) in [6.07, 6.45) is 5.28. The largest absolute Gasteiger partial charge is 0.348 e. The van der Waals surface area contributed by atoms with Crippen molar-refractivity contribution < 1.29 is 9.59 Å². The molecular weight excluding hydrogens is 316 g/mol. The molecule has 0 N–H and O–H groups in total. The maximum absolute atomic E-state index is 13.4.